The Morgan fingerprint density at radius 1 is 1.20 bits per heavy atom. The second kappa shape index (κ2) is 3.96. The van der Waals surface area contributed by atoms with Crippen LogP contribution in [0.25, 0.3) is 0 Å². The van der Waals surface area contributed by atoms with Crippen LogP contribution < -0.4 is 0 Å². The summed E-state index contributed by atoms with van der Waals surface area (Å²) in [4.78, 5) is 10.2. The van der Waals surface area contributed by atoms with Crippen molar-refractivity contribution in [2.24, 2.45) is 0 Å². The fourth-order valence-corrected chi connectivity index (χ4v) is 1.45. The number of nitrogens with zero attached hydrogens (tertiary/aromatic N) is 2. The minimum atomic E-state index is -0.376. The first-order valence-corrected chi connectivity index (χ1v) is 4.60. The van der Waals surface area contributed by atoms with Crippen LogP contribution in [0, 0.1) is 10.1 Å². The molecule has 4 nitrogen and oxygen atoms in total. The van der Waals surface area contributed by atoms with Gasteiger partial charge in [0.15, 0.2) is 0 Å². The third-order valence-corrected chi connectivity index (χ3v) is 2.15. The normalized spacial score (nSPS) is 10.1. The number of nitro groups is 1. The minimum absolute atomic E-state index is 0.139. The van der Waals surface area contributed by atoms with E-state index in [1.807, 2.05) is 35.2 Å². The van der Waals surface area contributed by atoms with Crippen LogP contribution in [-0.2, 0) is 6.54 Å². The summed E-state index contributed by atoms with van der Waals surface area (Å²) in [7, 11) is 0. The van der Waals surface area contributed by atoms with Crippen molar-refractivity contribution in [2.75, 3.05) is 0 Å². The molecule has 1 aromatic carbocycles. The summed E-state index contributed by atoms with van der Waals surface area (Å²) in [5, 5.41) is 10.6. The van der Waals surface area contributed by atoms with Crippen LogP contribution in [0.5, 0.6) is 0 Å². The highest BCUT2D eigenvalue weighted by molar-refractivity contribution is 5.34. The van der Waals surface area contributed by atoms with Crippen LogP contribution in [0.4, 0.5) is 5.69 Å². The molecule has 0 fully saturated rings. The van der Waals surface area contributed by atoms with Crippen LogP contribution in [0.15, 0.2) is 48.8 Å². The maximum absolute atomic E-state index is 10.6. The largest absolute Gasteiger partial charge is 0.350 e. The second-order valence-corrected chi connectivity index (χ2v) is 3.28. The summed E-state index contributed by atoms with van der Waals surface area (Å²) in [5.74, 6) is 0. The summed E-state index contributed by atoms with van der Waals surface area (Å²) >= 11 is 0. The van der Waals surface area contributed by atoms with Gasteiger partial charge < -0.3 is 4.57 Å². The average Bonchev–Trinajstić information content (AvgIpc) is 2.71. The summed E-state index contributed by atoms with van der Waals surface area (Å²) < 4.78 is 1.97. The number of hydrogen-bond donors (Lipinski definition) is 0. The third kappa shape index (κ3) is 2.22. The smallest absolute Gasteiger partial charge is 0.269 e. The molecule has 0 amide bonds. The molecule has 0 atom stereocenters. The summed E-state index contributed by atoms with van der Waals surface area (Å²) in [6.07, 6.45) is 3.86. The van der Waals surface area contributed by atoms with Gasteiger partial charge in [0.25, 0.3) is 5.69 Å². The lowest BCUT2D eigenvalue weighted by Gasteiger charge is -2.02. The van der Waals surface area contributed by atoms with E-state index in [0.717, 1.165) is 5.56 Å². The van der Waals surface area contributed by atoms with E-state index in [0.29, 0.717) is 6.54 Å². The van der Waals surface area contributed by atoms with Crippen molar-refractivity contribution in [1.29, 1.82) is 0 Å². The van der Waals surface area contributed by atoms with Crippen molar-refractivity contribution >= 4 is 5.69 Å². The highest BCUT2D eigenvalue weighted by Crippen LogP contribution is 2.13. The topological polar surface area (TPSA) is 48.1 Å². The highest BCUT2D eigenvalue weighted by Gasteiger charge is 2.05. The van der Waals surface area contributed by atoms with Gasteiger partial charge in [-0.3, -0.25) is 10.1 Å². The van der Waals surface area contributed by atoms with E-state index in [2.05, 4.69) is 0 Å². The van der Waals surface area contributed by atoms with Gasteiger partial charge >= 0.3 is 0 Å². The molecule has 0 bridgehead atoms. The molecule has 1 heterocycles. The van der Waals surface area contributed by atoms with Crippen LogP contribution in [0.3, 0.4) is 0 Å². The molecular formula is C11H10N2O2. The molecule has 0 saturated heterocycles. The molecule has 0 unspecified atom stereocenters. The lowest BCUT2D eigenvalue weighted by atomic mass is 10.2. The third-order valence-electron chi connectivity index (χ3n) is 2.15. The van der Waals surface area contributed by atoms with Crippen LogP contribution in [0.2, 0.25) is 0 Å². The Hall–Kier alpha value is -2.10. The Morgan fingerprint density at radius 3 is 2.60 bits per heavy atom. The van der Waals surface area contributed by atoms with Crippen molar-refractivity contribution in [3.05, 3.63) is 64.5 Å². The van der Waals surface area contributed by atoms with Gasteiger partial charge in [-0.1, -0.05) is 12.1 Å². The molecule has 0 saturated carbocycles. The molecule has 0 radical (unpaired) electrons. The highest BCUT2D eigenvalue weighted by atomic mass is 16.6. The molecule has 15 heavy (non-hydrogen) atoms. The van der Waals surface area contributed by atoms with Gasteiger partial charge in [0.2, 0.25) is 0 Å². The molecule has 0 aliphatic rings. The fourth-order valence-electron chi connectivity index (χ4n) is 1.45. The van der Waals surface area contributed by atoms with Gasteiger partial charge in [0, 0.05) is 31.1 Å². The summed E-state index contributed by atoms with van der Waals surface area (Å²) in [5.41, 5.74) is 1.07. The van der Waals surface area contributed by atoms with Crippen molar-refractivity contribution in [2.45, 2.75) is 6.54 Å². The molecule has 4 heteroatoms. The molecule has 0 aliphatic heterocycles. The SMILES string of the molecule is O=[N+]([O-])c1cccc(Cn2cccc2)c1. The van der Waals surface area contributed by atoms with Crippen molar-refractivity contribution in [3.63, 3.8) is 0 Å². The van der Waals surface area contributed by atoms with Gasteiger partial charge in [-0.2, -0.15) is 0 Å². The number of benzene rings is 1. The lowest BCUT2D eigenvalue weighted by Crippen LogP contribution is -1.97. The first-order valence-electron chi connectivity index (χ1n) is 4.60. The van der Waals surface area contributed by atoms with E-state index < -0.39 is 0 Å². The van der Waals surface area contributed by atoms with Crippen molar-refractivity contribution in [1.82, 2.24) is 4.57 Å². The van der Waals surface area contributed by atoms with Crippen molar-refractivity contribution in [3.8, 4) is 0 Å². The Bertz CT molecular complexity index is 463. The number of hydrogen-bond acceptors (Lipinski definition) is 2. The molecule has 0 spiro atoms. The Labute approximate surface area is 86.9 Å². The van der Waals surface area contributed by atoms with E-state index >= 15 is 0 Å². The molecule has 1 aromatic heterocycles. The predicted octanol–water partition coefficient (Wildman–Crippen LogP) is 2.44. The number of aromatic nitrogens is 1. The monoisotopic (exact) mass is 202 g/mol. The van der Waals surface area contributed by atoms with E-state index in [9.17, 15) is 10.1 Å². The zero-order chi connectivity index (χ0) is 10.7. The van der Waals surface area contributed by atoms with Gasteiger partial charge in [0.05, 0.1) is 4.92 Å². The van der Waals surface area contributed by atoms with E-state index in [1.165, 1.54) is 6.07 Å². The van der Waals surface area contributed by atoms with Crippen molar-refractivity contribution < 1.29 is 4.92 Å². The standard InChI is InChI=1S/C11H10N2O2/c14-13(15)11-5-3-4-10(8-11)9-12-6-1-2-7-12/h1-8H,9H2. The first kappa shape index (κ1) is 9.45. The fraction of sp³-hybridized carbons (Fsp3) is 0.0909. The maximum Gasteiger partial charge on any atom is 0.269 e. The minimum Gasteiger partial charge on any atom is -0.350 e. The van der Waals surface area contributed by atoms with Crippen LogP contribution in [-0.4, -0.2) is 9.49 Å². The molecule has 2 rings (SSSR count). The summed E-state index contributed by atoms with van der Waals surface area (Å²) in [6.45, 7) is 0.661. The summed E-state index contributed by atoms with van der Waals surface area (Å²) in [6, 6.07) is 10.5. The lowest BCUT2D eigenvalue weighted by molar-refractivity contribution is -0.384. The van der Waals surface area contributed by atoms with E-state index in [4.69, 9.17) is 0 Å². The quantitative estimate of drug-likeness (QED) is 0.567. The zero-order valence-corrected chi connectivity index (χ0v) is 8.04. The van der Waals surface area contributed by atoms with Crippen LogP contribution >= 0.6 is 0 Å². The second-order valence-electron chi connectivity index (χ2n) is 3.28. The molecular weight excluding hydrogens is 192 g/mol. The molecule has 76 valence electrons. The predicted molar refractivity (Wildman–Crippen MR) is 56.6 cm³/mol. The average molecular weight is 202 g/mol. The van der Waals surface area contributed by atoms with Gasteiger partial charge in [-0.15, -0.1) is 0 Å². The molecule has 0 N–H and O–H groups in total. The van der Waals surface area contributed by atoms with E-state index in [1.54, 1.807) is 12.1 Å². The number of nitro benzene ring substituents is 1. The Kier molecular flexibility index (Phi) is 2.49. The first-order chi connectivity index (χ1) is 7.25. The van der Waals surface area contributed by atoms with Gasteiger partial charge in [-0.05, 0) is 17.7 Å². The Balaban J connectivity index is 2.22. The number of rotatable bonds is 3. The molecule has 0 aliphatic carbocycles. The molecule has 2 aromatic rings. The van der Waals surface area contributed by atoms with Crippen LogP contribution in [0.1, 0.15) is 5.56 Å². The Morgan fingerprint density at radius 2 is 1.93 bits per heavy atom. The number of non-ortho nitro benzene ring substituents is 1. The van der Waals surface area contributed by atoms with E-state index in [-0.39, 0.29) is 10.6 Å². The zero-order valence-electron chi connectivity index (χ0n) is 8.04. The van der Waals surface area contributed by atoms with Gasteiger partial charge in [-0.25, -0.2) is 0 Å². The van der Waals surface area contributed by atoms with Gasteiger partial charge in [0.1, 0.15) is 0 Å². The maximum atomic E-state index is 10.6.